The van der Waals surface area contributed by atoms with Gasteiger partial charge in [0.25, 0.3) is 5.91 Å². The largest absolute Gasteiger partial charge is 0.484 e. The summed E-state index contributed by atoms with van der Waals surface area (Å²) in [6, 6.07) is 11.6. The van der Waals surface area contributed by atoms with Gasteiger partial charge in [0.1, 0.15) is 5.75 Å². The molecule has 1 heterocycles. The minimum atomic E-state index is -0.345. The maximum absolute atomic E-state index is 12.2. The maximum Gasteiger partial charge on any atom is 0.277 e. The number of anilines is 2. The van der Waals surface area contributed by atoms with Gasteiger partial charge in [0.15, 0.2) is 6.61 Å². The van der Waals surface area contributed by atoms with Gasteiger partial charge in [-0.3, -0.25) is 4.79 Å². The summed E-state index contributed by atoms with van der Waals surface area (Å²) in [5.74, 6) is 0.280. The summed E-state index contributed by atoms with van der Waals surface area (Å²) in [5.41, 5.74) is 7.64. The molecule has 6 nitrogen and oxygen atoms in total. The van der Waals surface area contributed by atoms with E-state index in [2.05, 4.69) is 49.2 Å². The number of amides is 1. The van der Waals surface area contributed by atoms with Gasteiger partial charge in [-0.2, -0.15) is 5.10 Å². The molecule has 0 fully saturated rings. The van der Waals surface area contributed by atoms with Crippen molar-refractivity contribution in [3.05, 3.63) is 58.6 Å². The van der Waals surface area contributed by atoms with Crippen LogP contribution in [-0.4, -0.2) is 44.9 Å². The lowest BCUT2D eigenvalue weighted by Gasteiger charge is -2.43. The SMILES string of the molecule is CCCN1c2cc(Cl)c(/C=N/NC(=O)COc3cccc(N(C)C)c3)cc2C(C)=CC1(C)C. The Morgan fingerprint density at radius 2 is 2.03 bits per heavy atom. The Kier molecular flexibility index (Phi) is 7.69. The van der Waals surface area contributed by atoms with Crippen LogP contribution in [0, 0.1) is 0 Å². The number of hydrazone groups is 1. The Morgan fingerprint density at radius 3 is 2.73 bits per heavy atom. The first-order valence-electron chi connectivity index (χ1n) is 11.2. The van der Waals surface area contributed by atoms with E-state index in [1.165, 1.54) is 5.57 Å². The highest BCUT2D eigenvalue weighted by Crippen LogP contribution is 2.41. The molecule has 1 aliphatic rings. The van der Waals surface area contributed by atoms with E-state index in [9.17, 15) is 4.79 Å². The standard InChI is InChI=1S/C26H33ClN4O2/c1-7-11-31-24-14-23(27)19(12-22(24)18(2)15-26(31,3)4)16-28-29-25(32)17-33-21-10-8-9-20(13-21)30(5)6/h8-10,12-16H,7,11,17H2,1-6H3,(H,29,32)/b28-16+. The Morgan fingerprint density at radius 1 is 1.27 bits per heavy atom. The van der Waals surface area contributed by atoms with Crippen molar-refractivity contribution in [3.63, 3.8) is 0 Å². The molecular weight excluding hydrogens is 436 g/mol. The first kappa shape index (κ1) is 24.6. The van der Waals surface area contributed by atoms with Gasteiger partial charge in [0, 0.05) is 49.2 Å². The average molecular weight is 469 g/mol. The third-order valence-electron chi connectivity index (χ3n) is 5.64. The van der Waals surface area contributed by atoms with Crippen LogP contribution in [0.5, 0.6) is 5.75 Å². The zero-order chi connectivity index (χ0) is 24.2. The first-order chi connectivity index (χ1) is 15.6. The first-order valence-corrected chi connectivity index (χ1v) is 11.5. The number of ether oxygens (including phenoxy) is 1. The molecule has 0 unspecified atom stereocenters. The van der Waals surface area contributed by atoms with Crippen LogP contribution in [0.15, 0.2) is 47.6 Å². The number of benzene rings is 2. The molecule has 0 bridgehead atoms. The van der Waals surface area contributed by atoms with Crippen molar-refractivity contribution in [3.8, 4) is 5.75 Å². The number of halogens is 1. The molecule has 2 aromatic rings. The molecule has 2 aromatic carbocycles. The zero-order valence-corrected chi connectivity index (χ0v) is 21.0. The van der Waals surface area contributed by atoms with Gasteiger partial charge in [-0.15, -0.1) is 0 Å². The highest BCUT2D eigenvalue weighted by Gasteiger charge is 2.31. The number of fused-ring (bicyclic) bond motifs is 1. The number of nitrogens with one attached hydrogen (secondary N) is 1. The minimum absolute atomic E-state index is 0.0773. The van der Waals surface area contributed by atoms with E-state index >= 15 is 0 Å². The van der Waals surface area contributed by atoms with Crippen molar-refractivity contribution in [2.24, 2.45) is 5.10 Å². The van der Waals surface area contributed by atoms with E-state index in [0.29, 0.717) is 10.8 Å². The van der Waals surface area contributed by atoms with Crippen molar-refractivity contribution >= 4 is 40.7 Å². The van der Waals surface area contributed by atoms with Crippen LogP contribution in [0.25, 0.3) is 5.57 Å². The van der Waals surface area contributed by atoms with Gasteiger partial charge >= 0.3 is 0 Å². The fraction of sp³-hybridized carbons (Fsp3) is 0.385. The Balaban J connectivity index is 1.68. The van der Waals surface area contributed by atoms with Crippen molar-refractivity contribution in [1.29, 1.82) is 0 Å². The van der Waals surface area contributed by atoms with E-state index < -0.39 is 0 Å². The van der Waals surface area contributed by atoms with Crippen molar-refractivity contribution in [2.75, 3.05) is 37.0 Å². The normalized spacial score (nSPS) is 14.6. The number of carbonyl (C=O) groups is 1. The maximum atomic E-state index is 12.2. The number of allylic oxidation sites excluding steroid dienone is 1. The summed E-state index contributed by atoms with van der Waals surface area (Å²) in [6.07, 6.45) is 4.90. The van der Waals surface area contributed by atoms with E-state index in [1.54, 1.807) is 6.21 Å². The smallest absolute Gasteiger partial charge is 0.277 e. The summed E-state index contributed by atoms with van der Waals surface area (Å²) in [5, 5.41) is 4.68. The van der Waals surface area contributed by atoms with E-state index in [0.717, 1.165) is 35.5 Å². The number of carbonyl (C=O) groups excluding carboxylic acids is 1. The van der Waals surface area contributed by atoms with Gasteiger partial charge in [-0.1, -0.05) is 30.7 Å². The molecule has 3 rings (SSSR count). The molecule has 33 heavy (non-hydrogen) atoms. The number of hydrogen-bond acceptors (Lipinski definition) is 5. The molecule has 1 N–H and O–H groups in total. The molecule has 0 aliphatic carbocycles. The molecule has 176 valence electrons. The zero-order valence-electron chi connectivity index (χ0n) is 20.3. The second kappa shape index (κ2) is 10.3. The highest BCUT2D eigenvalue weighted by molar-refractivity contribution is 6.33. The fourth-order valence-corrected chi connectivity index (χ4v) is 4.26. The number of rotatable bonds is 8. The van der Waals surface area contributed by atoms with E-state index in [1.807, 2.05) is 55.4 Å². The van der Waals surface area contributed by atoms with Crippen molar-refractivity contribution in [2.45, 2.75) is 39.7 Å². The second-order valence-electron chi connectivity index (χ2n) is 9.00. The highest BCUT2D eigenvalue weighted by atomic mass is 35.5. The predicted octanol–water partition coefficient (Wildman–Crippen LogP) is 5.35. The molecular formula is C26H33ClN4O2. The van der Waals surface area contributed by atoms with Crippen LogP contribution in [0.1, 0.15) is 45.2 Å². The third kappa shape index (κ3) is 5.88. The average Bonchev–Trinajstić information content (AvgIpc) is 2.76. The Bertz CT molecular complexity index is 1080. The summed E-state index contributed by atoms with van der Waals surface area (Å²) in [7, 11) is 3.90. The fourth-order valence-electron chi connectivity index (χ4n) is 4.05. The second-order valence-corrected chi connectivity index (χ2v) is 9.40. The van der Waals surface area contributed by atoms with E-state index in [4.69, 9.17) is 16.3 Å². The molecule has 1 amide bonds. The minimum Gasteiger partial charge on any atom is -0.484 e. The molecule has 7 heteroatoms. The summed E-state index contributed by atoms with van der Waals surface area (Å²) in [4.78, 5) is 16.5. The molecule has 0 saturated heterocycles. The van der Waals surface area contributed by atoms with Gasteiger partial charge in [0.2, 0.25) is 0 Å². The topological polar surface area (TPSA) is 57.2 Å². The number of nitrogens with zero attached hydrogens (tertiary/aromatic N) is 3. The van der Waals surface area contributed by atoms with Crippen LogP contribution < -0.4 is 20.0 Å². The molecule has 0 radical (unpaired) electrons. The summed E-state index contributed by atoms with van der Waals surface area (Å²) in [6.45, 7) is 9.54. The molecule has 1 aliphatic heterocycles. The van der Waals surface area contributed by atoms with Gasteiger partial charge in [-0.05, 0) is 57.0 Å². The van der Waals surface area contributed by atoms with Crippen LogP contribution in [0.3, 0.4) is 0 Å². The van der Waals surface area contributed by atoms with Crippen LogP contribution in [-0.2, 0) is 4.79 Å². The quantitative estimate of drug-likeness (QED) is 0.419. The molecule has 0 atom stereocenters. The predicted molar refractivity (Wildman–Crippen MR) is 139 cm³/mol. The third-order valence-corrected chi connectivity index (χ3v) is 5.97. The van der Waals surface area contributed by atoms with Crippen LogP contribution >= 0.6 is 11.6 Å². The lowest BCUT2D eigenvalue weighted by atomic mass is 9.88. The molecule has 0 saturated carbocycles. The van der Waals surface area contributed by atoms with Crippen LogP contribution in [0.2, 0.25) is 5.02 Å². The van der Waals surface area contributed by atoms with Crippen molar-refractivity contribution < 1.29 is 9.53 Å². The molecule has 0 spiro atoms. The van der Waals surface area contributed by atoms with Gasteiger partial charge in [0.05, 0.1) is 16.8 Å². The van der Waals surface area contributed by atoms with Crippen LogP contribution in [0.4, 0.5) is 11.4 Å². The number of hydrogen-bond donors (Lipinski definition) is 1. The Hall–Kier alpha value is -2.99. The lowest BCUT2D eigenvalue weighted by molar-refractivity contribution is -0.123. The van der Waals surface area contributed by atoms with E-state index in [-0.39, 0.29) is 18.1 Å². The molecule has 0 aromatic heterocycles. The summed E-state index contributed by atoms with van der Waals surface area (Å²) >= 11 is 6.59. The summed E-state index contributed by atoms with van der Waals surface area (Å²) < 4.78 is 5.58. The Labute approximate surface area is 201 Å². The van der Waals surface area contributed by atoms with Gasteiger partial charge in [-0.25, -0.2) is 5.43 Å². The van der Waals surface area contributed by atoms with Crippen molar-refractivity contribution in [1.82, 2.24) is 5.43 Å². The lowest BCUT2D eigenvalue weighted by Crippen LogP contribution is -2.45. The van der Waals surface area contributed by atoms with Gasteiger partial charge < -0.3 is 14.5 Å². The monoisotopic (exact) mass is 468 g/mol.